The molecule has 0 radical (unpaired) electrons. The van der Waals surface area contributed by atoms with Crippen molar-refractivity contribution in [1.82, 2.24) is 14.7 Å². The Morgan fingerprint density at radius 1 is 1.19 bits per heavy atom. The van der Waals surface area contributed by atoms with E-state index in [1.807, 2.05) is 35.2 Å². The number of likely N-dealkylation sites (N-methyl/N-ethyl adjacent to an activating group) is 1. The highest BCUT2D eigenvalue weighted by Gasteiger charge is 2.46. The average molecular weight is 392 g/mol. The molecular formula is C21H33N3O2S. The van der Waals surface area contributed by atoms with Crippen LogP contribution in [0.1, 0.15) is 25.8 Å². The van der Waals surface area contributed by atoms with Gasteiger partial charge in [-0.1, -0.05) is 44.2 Å². The molecule has 2 atom stereocenters. The fourth-order valence-electron chi connectivity index (χ4n) is 4.09. The number of piperazine rings is 1. The van der Waals surface area contributed by atoms with Crippen molar-refractivity contribution in [3.8, 4) is 0 Å². The quantitative estimate of drug-likeness (QED) is 0.830. The number of likely N-dealkylation sites (tertiary alicyclic amines) is 1. The molecule has 6 heteroatoms. The van der Waals surface area contributed by atoms with Crippen LogP contribution in [-0.4, -0.2) is 89.1 Å². The summed E-state index contributed by atoms with van der Waals surface area (Å²) in [4.78, 5) is 19.4. The minimum absolute atomic E-state index is 0.0599. The molecule has 0 bridgehead atoms. The molecule has 27 heavy (non-hydrogen) atoms. The Kier molecular flexibility index (Phi) is 6.84. The number of amides is 1. The van der Waals surface area contributed by atoms with E-state index in [0.29, 0.717) is 30.5 Å². The standard InChI is InChI=1S/C21H33N3O2S/c1-17(2)27-16-20(25)24-10-9-21(26,18-7-5-4-6-8-18)19(15-24)23-13-11-22(3)12-14-23/h4-8,17,19,26H,9-16H2,1-3H3/t19-,21+/m1/s1. The predicted octanol–water partition coefficient (Wildman–Crippen LogP) is 1.86. The van der Waals surface area contributed by atoms with Crippen LogP contribution in [0.2, 0.25) is 0 Å². The van der Waals surface area contributed by atoms with E-state index in [1.54, 1.807) is 11.8 Å². The number of nitrogens with zero attached hydrogens (tertiary/aromatic N) is 3. The van der Waals surface area contributed by atoms with E-state index >= 15 is 0 Å². The number of carbonyl (C=O) groups is 1. The number of hydrogen-bond acceptors (Lipinski definition) is 5. The number of benzene rings is 1. The minimum Gasteiger partial charge on any atom is -0.383 e. The zero-order valence-electron chi connectivity index (χ0n) is 16.8. The van der Waals surface area contributed by atoms with Crippen LogP contribution in [0.5, 0.6) is 0 Å². The van der Waals surface area contributed by atoms with Gasteiger partial charge in [0.15, 0.2) is 0 Å². The molecule has 2 heterocycles. The van der Waals surface area contributed by atoms with Crippen LogP contribution in [0.15, 0.2) is 30.3 Å². The lowest BCUT2D eigenvalue weighted by Gasteiger charge is -2.51. The molecule has 0 aromatic heterocycles. The Labute approximate surface area is 167 Å². The van der Waals surface area contributed by atoms with E-state index in [0.717, 1.165) is 31.7 Å². The molecule has 1 N–H and O–H groups in total. The van der Waals surface area contributed by atoms with E-state index in [1.165, 1.54) is 0 Å². The van der Waals surface area contributed by atoms with Gasteiger partial charge in [0.1, 0.15) is 5.60 Å². The topological polar surface area (TPSA) is 47.0 Å². The van der Waals surface area contributed by atoms with Crippen molar-refractivity contribution in [2.24, 2.45) is 0 Å². The van der Waals surface area contributed by atoms with Crippen LogP contribution in [0.3, 0.4) is 0 Å². The Hall–Kier alpha value is -1.08. The molecule has 3 rings (SSSR count). The van der Waals surface area contributed by atoms with Crippen LogP contribution >= 0.6 is 11.8 Å². The molecule has 0 saturated carbocycles. The van der Waals surface area contributed by atoms with Gasteiger partial charge in [0.25, 0.3) is 0 Å². The van der Waals surface area contributed by atoms with E-state index < -0.39 is 5.60 Å². The summed E-state index contributed by atoms with van der Waals surface area (Å²) in [6.07, 6.45) is 0.589. The molecule has 2 saturated heterocycles. The molecule has 2 aliphatic heterocycles. The summed E-state index contributed by atoms with van der Waals surface area (Å²) < 4.78 is 0. The SMILES string of the molecule is CC(C)SCC(=O)N1CC[C@](O)(c2ccccc2)[C@H](N2CCN(C)CC2)C1. The number of carbonyl (C=O) groups excluding carboxylic acids is 1. The Morgan fingerprint density at radius 3 is 2.48 bits per heavy atom. The van der Waals surface area contributed by atoms with Gasteiger partial charge >= 0.3 is 0 Å². The van der Waals surface area contributed by atoms with Gasteiger partial charge in [-0.15, -0.1) is 11.8 Å². The second kappa shape index (κ2) is 8.95. The number of aliphatic hydroxyl groups is 1. The number of hydrogen-bond donors (Lipinski definition) is 1. The van der Waals surface area contributed by atoms with Crippen LogP contribution in [0, 0.1) is 0 Å². The van der Waals surface area contributed by atoms with Gasteiger partial charge in [-0.3, -0.25) is 9.69 Å². The lowest BCUT2D eigenvalue weighted by molar-refractivity contribution is -0.142. The maximum absolute atomic E-state index is 12.7. The summed E-state index contributed by atoms with van der Waals surface area (Å²) >= 11 is 1.69. The Bertz CT molecular complexity index is 619. The molecule has 2 fully saturated rings. The third-order valence-electron chi connectivity index (χ3n) is 5.85. The Morgan fingerprint density at radius 2 is 1.85 bits per heavy atom. The zero-order valence-corrected chi connectivity index (χ0v) is 17.6. The summed E-state index contributed by atoms with van der Waals surface area (Å²) in [5.41, 5.74) is 0.0664. The normalized spacial score (nSPS) is 27.9. The zero-order chi connectivity index (χ0) is 19.4. The van der Waals surface area contributed by atoms with Crippen molar-refractivity contribution in [1.29, 1.82) is 0 Å². The van der Waals surface area contributed by atoms with Gasteiger partial charge in [-0.05, 0) is 24.3 Å². The summed E-state index contributed by atoms with van der Waals surface area (Å²) in [7, 11) is 2.14. The highest BCUT2D eigenvalue weighted by atomic mass is 32.2. The molecule has 1 aromatic carbocycles. The maximum atomic E-state index is 12.7. The van der Waals surface area contributed by atoms with Crippen molar-refractivity contribution in [2.45, 2.75) is 37.2 Å². The fourth-order valence-corrected chi connectivity index (χ4v) is 4.75. The molecule has 1 aromatic rings. The molecule has 1 amide bonds. The van der Waals surface area contributed by atoms with Crippen LogP contribution < -0.4 is 0 Å². The molecule has 150 valence electrons. The summed E-state index contributed by atoms with van der Waals surface area (Å²) in [6, 6.07) is 9.95. The van der Waals surface area contributed by atoms with E-state index in [9.17, 15) is 9.90 Å². The highest BCUT2D eigenvalue weighted by molar-refractivity contribution is 8.00. The summed E-state index contributed by atoms with van der Waals surface area (Å²) in [6.45, 7) is 9.32. The first-order chi connectivity index (χ1) is 12.9. The van der Waals surface area contributed by atoms with Gasteiger partial charge in [0.2, 0.25) is 5.91 Å². The largest absolute Gasteiger partial charge is 0.383 e. The second-order valence-corrected chi connectivity index (χ2v) is 9.66. The molecule has 0 unspecified atom stereocenters. The summed E-state index contributed by atoms with van der Waals surface area (Å²) in [5, 5.41) is 12.2. The highest BCUT2D eigenvalue weighted by Crippen LogP contribution is 2.36. The Balaban J connectivity index is 1.79. The maximum Gasteiger partial charge on any atom is 0.232 e. The monoisotopic (exact) mass is 391 g/mol. The van der Waals surface area contributed by atoms with Gasteiger partial charge in [-0.2, -0.15) is 0 Å². The van der Waals surface area contributed by atoms with Gasteiger partial charge in [-0.25, -0.2) is 0 Å². The third-order valence-corrected chi connectivity index (χ3v) is 6.93. The first-order valence-electron chi connectivity index (χ1n) is 10.00. The van der Waals surface area contributed by atoms with Crippen molar-refractivity contribution in [2.75, 3.05) is 52.1 Å². The number of piperidine rings is 1. The smallest absolute Gasteiger partial charge is 0.232 e. The van der Waals surface area contributed by atoms with Crippen molar-refractivity contribution in [3.63, 3.8) is 0 Å². The van der Waals surface area contributed by atoms with Crippen LogP contribution in [-0.2, 0) is 10.4 Å². The molecular weight excluding hydrogens is 358 g/mol. The van der Waals surface area contributed by atoms with Gasteiger partial charge in [0, 0.05) is 39.3 Å². The third kappa shape index (κ3) is 4.86. The first kappa shape index (κ1) is 20.6. The van der Waals surface area contributed by atoms with E-state index in [2.05, 4.69) is 30.7 Å². The first-order valence-corrected chi connectivity index (χ1v) is 11.0. The average Bonchev–Trinajstić information content (AvgIpc) is 2.68. The van der Waals surface area contributed by atoms with Crippen molar-refractivity contribution in [3.05, 3.63) is 35.9 Å². The summed E-state index contributed by atoms with van der Waals surface area (Å²) in [5.74, 6) is 0.722. The van der Waals surface area contributed by atoms with Crippen molar-refractivity contribution < 1.29 is 9.90 Å². The van der Waals surface area contributed by atoms with Crippen LogP contribution in [0.25, 0.3) is 0 Å². The van der Waals surface area contributed by atoms with Gasteiger partial charge in [0.05, 0.1) is 11.8 Å². The fraction of sp³-hybridized carbons (Fsp3) is 0.667. The predicted molar refractivity (Wildman–Crippen MR) is 112 cm³/mol. The second-order valence-electron chi connectivity index (χ2n) is 8.09. The van der Waals surface area contributed by atoms with E-state index in [4.69, 9.17) is 0 Å². The van der Waals surface area contributed by atoms with Crippen molar-refractivity contribution >= 4 is 17.7 Å². The van der Waals surface area contributed by atoms with Crippen LogP contribution in [0.4, 0.5) is 0 Å². The number of rotatable bonds is 5. The lowest BCUT2D eigenvalue weighted by atomic mass is 9.79. The minimum atomic E-state index is -0.904. The molecule has 0 spiro atoms. The number of thioether (sulfide) groups is 1. The van der Waals surface area contributed by atoms with E-state index in [-0.39, 0.29) is 11.9 Å². The van der Waals surface area contributed by atoms with Gasteiger partial charge < -0.3 is 14.9 Å². The molecule has 2 aliphatic rings. The molecule has 5 nitrogen and oxygen atoms in total. The molecule has 0 aliphatic carbocycles. The lowest BCUT2D eigenvalue weighted by Crippen LogP contribution is -2.64.